The Hall–Kier alpha value is -2.69. The number of nitro groups is 1. The smallest absolute Gasteiger partial charge is 0.270 e. The van der Waals surface area contributed by atoms with Crippen molar-refractivity contribution in [3.8, 4) is 5.69 Å². The van der Waals surface area contributed by atoms with Crippen molar-refractivity contribution in [1.29, 1.82) is 0 Å². The summed E-state index contributed by atoms with van der Waals surface area (Å²) in [6.07, 6.45) is 4.18. The topological polar surface area (TPSA) is 65.1 Å². The van der Waals surface area contributed by atoms with E-state index in [0.717, 1.165) is 11.4 Å². The van der Waals surface area contributed by atoms with E-state index in [1.807, 2.05) is 22.9 Å². The van der Waals surface area contributed by atoms with Gasteiger partial charge in [-0.05, 0) is 31.2 Å². The van der Waals surface area contributed by atoms with Crippen molar-refractivity contribution in [2.24, 2.45) is 0 Å². The van der Waals surface area contributed by atoms with E-state index in [0.29, 0.717) is 17.6 Å². The van der Waals surface area contributed by atoms with Gasteiger partial charge in [-0.15, -0.1) is 0 Å². The largest absolute Gasteiger partial charge is 0.320 e. The number of rotatable bonds is 2. The SMILES string of the molecule is CC(=O)C1=Cc2cc([N+](=O)[O-])ccc2-n2cccc2C1. The van der Waals surface area contributed by atoms with Gasteiger partial charge in [-0.3, -0.25) is 14.9 Å². The Morgan fingerprint density at radius 1 is 1.35 bits per heavy atom. The average molecular weight is 268 g/mol. The minimum absolute atomic E-state index is 0.0166. The molecule has 0 radical (unpaired) electrons. The predicted molar refractivity (Wildman–Crippen MR) is 74.8 cm³/mol. The van der Waals surface area contributed by atoms with E-state index in [1.165, 1.54) is 19.1 Å². The Morgan fingerprint density at radius 3 is 2.85 bits per heavy atom. The molecule has 1 aliphatic rings. The van der Waals surface area contributed by atoms with Gasteiger partial charge in [0.25, 0.3) is 5.69 Å². The van der Waals surface area contributed by atoms with Gasteiger partial charge in [0.05, 0.1) is 10.6 Å². The van der Waals surface area contributed by atoms with Crippen LogP contribution in [0.5, 0.6) is 0 Å². The normalized spacial score (nSPS) is 12.9. The van der Waals surface area contributed by atoms with Gasteiger partial charge >= 0.3 is 0 Å². The molecule has 1 aliphatic heterocycles. The van der Waals surface area contributed by atoms with Gasteiger partial charge in [0.2, 0.25) is 0 Å². The number of allylic oxidation sites excluding steroid dienone is 1. The number of carbonyl (C=O) groups excluding carboxylic acids is 1. The molecule has 0 spiro atoms. The monoisotopic (exact) mass is 268 g/mol. The fourth-order valence-corrected chi connectivity index (χ4v) is 2.45. The highest BCUT2D eigenvalue weighted by Gasteiger charge is 2.18. The zero-order valence-electron chi connectivity index (χ0n) is 10.9. The van der Waals surface area contributed by atoms with E-state index in [1.54, 1.807) is 12.1 Å². The van der Waals surface area contributed by atoms with Crippen molar-refractivity contribution in [2.45, 2.75) is 13.3 Å². The van der Waals surface area contributed by atoms with Gasteiger partial charge in [0, 0.05) is 41.6 Å². The lowest BCUT2D eigenvalue weighted by Gasteiger charge is -2.08. The van der Waals surface area contributed by atoms with Crippen LogP contribution in [0.4, 0.5) is 5.69 Å². The molecular weight excluding hydrogens is 256 g/mol. The molecule has 0 aliphatic carbocycles. The molecule has 1 aromatic carbocycles. The zero-order chi connectivity index (χ0) is 14.3. The molecule has 0 fully saturated rings. The van der Waals surface area contributed by atoms with Crippen molar-refractivity contribution in [3.05, 3.63) is 63.5 Å². The van der Waals surface area contributed by atoms with Crippen molar-refractivity contribution >= 4 is 17.5 Å². The average Bonchev–Trinajstić information content (AvgIpc) is 2.79. The summed E-state index contributed by atoms with van der Waals surface area (Å²) in [6.45, 7) is 1.52. The van der Waals surface area contributed by atoms with Crippen molar-refractivity contribution < 1.29 is 9.72 Å². The highest BCUT2D eigenvalue weighted by Crippen LogP contribution is 2.29. The van der Waals surface area contributed by atoms with Crippen molar-refractivity contribution in [2.75, 3.05) is 0 Å². The van der Waals surface area contributed by atoms with E-state index >= 15 is 0 Å². The maximum Gasteiger partial charge on any atom is 0.270 e. The zero-order valence-corrected chi connectivity index (χ0v) is 10.9. The summed E-state index contributed by atoms with van der Waals surface area (Å²) < 4.78 is 1.96. The first-order valence-corrected chi connectivity index (χ1v) is 6.23. The quantitative estimate of drug-likeness (QED) is 0.621. The number of Topliss-reactive ketones (excluding diaryl/α,β-unsaturated/α-hetero) is 1. The predicted octanol–water partition coefficient (Wildman–Crippen LogP) is 2.91. The van der Waals surface area contributed by atoms with Gasteiger partial charge in [-0.2, -0.15) is 0 Å². The van der Waals surface area contributed by atoms with Crippen LogP contribution in [0.3, 0.4) is 0 Å². The summed E-state index contributed by atoms with van der Waals surface area (Å²) >= 11 is 0. The van der Waals surface area contributed by atoms with Gasteiger partial charge in [0.1, 0.15) is 0 Å². The second-order valence-electron chi connectivity index (χ2n) is 4.77. The van der Waals surface area contributed by atoms with Gasteiger partial charge in [-0.1, -0.05) is 0 Å². The molecule has 0 unspecified atom stereocenters. The third kappa shape index (κ3) is 1.93. The van der Waals surface area contributed by atoms with E-state index in [-0.39, 0.29) is 11.5 Å². The number of nitro benzene ring substituents is 1. The van der Waals surface area contributed by atoms with Gasteiger partial charge in [-0.25, -0.2) is 0 Å². The van der Waals surface area contributed by atoms with Gasteiger partial charge < -0.3 is 4.57 Å². The minimum Gasteiger partial charge on any atom is -0.320 e. The van der Waals surface area contributed by atoms with Crippen molar-refractivity contribution in [3.63, 3.8) is 0 Å². The molecule has 0 saturated carbocycles. The van der Waals surface area contributed by atoms with E-state index < -0.39 is 4.92 Å². The molecule has 0 bridgehead atoms. The lowest BCUT2D eigenvalue weighted by atomic mass is 10.0. The Morgan fingerprint density at radius 2 is 2.15 bits per heavy atom. The number of carbonyl (C=O) groups is 1. The Kier molecular flexibility index (Phi) is 2.75. The molecule has 100 valence electrons. The molecule has 3 rings (SSSR count). The molecule has 2 aromatic rings. The fourth-order valence-electron chi connectivity index (χ4n) is 2.45. The summed E-state index contributed by atoms with van der Waals surface area (Å²) in [5.41, 5.74) is 3.23. The second-order valence-corrected chi connectivity index (χ2v) is 4.77. The molecule has 0 atom stereocenters. The number of benzene rings is 1. The summed E-state index contributed by atoms with van der Waals surface area (Å²) in [7, 11) is 0. The van der Waals surface area contributed by atoms with Crippen LogP contribution < -0.4 is 0 Å². The molecule has 0 amide bonds. The van der Waals surface area contributed by atoms with Crippen molar-refractivity contribution in [1.82, 2.24) is 4.57 Å². The molecule has 0 saturated heterocycles. The number of hydrogen-bond acceptors (Lipinski definition) is 3. The first-order chi connectivity index (χ1) is 9.56. The van der Waals surface area contributed by atoms with Crippen LogP contribution in [0.1, 0.15) is 18.2 Å². The maximum absolute atomic E-state index is 11.7. The molecule has 5 nitrogen and oxygen atoms in total. The fraction of sp³-hybridized carbons (Fsp3) is 0.133. The number of non-ortho nitro benzene ring substituents is 1. The van der Waals surface area contributed by atoms with Crippen LogP contribution in [0.15, 0.2) is 42.1 Å². The third-order valence-electron chi connectivity index (χ3n) is 3.47. The van der Waals surface area contributed by atoms with Crippen LogP contribution >= 0.6 is 0 Å². The summed E-state index contributed by atoms with van der Waals surface area (Å²) in [5, 5.41) is 10.9. The number of fused-ring (bicyclic) bond motifs is 3. The Bertz CT molecular complexity index is 756. The van der Waals surface area contributed by atoms with E-state index in [9.17, 15) is 14.9 Å². The van der Waals surface area contributed by atoms with Crippen LogP contribution in [0.2, 0.25) is 0 Å². The molecule has 2 heterocycles. The number of hydrogen-bond donors (Lipinski definition) is 0. The maximum atomic E-state index is 11.7. The van der Waals surface area contributed by atoms with Crippen LogP contribution in [-0.4, -0.2) is 15.3 Å². The number of aromatic nitrogens is 1. The van der Waals surface area contributed by atoms with Crippen LogP contribution in [0.25, 0.3) is 11.8 Å². The highest BCUT2D eigenvalue weighted by atomic mass is 16.6. The molecule has 0 N–H and O–H groups in total. The first kappa shape index (κ1) is 12.3. The Balaban J connectivity index is 2.27. The van der Waals surface area contributed by atoms with Crippen LogP contribution in [0, 0.1) is 10.1 Å². The molecule has 1 aromatic heterocycles. The first-order valence-electron chi connectivity index (χ1n) is 6.23. The summed E-state index contributed by atoms with van der Waals surface area (Å²) in [6, 6.07) is 8.57. The molecular formula is C15H12N2O3. The standard InChI is InChI=1S/C15H12N2O3/c1-10(18)11-7-12-9-14(17(19)20)4-5-15(12)16-6-2-3-13(16)8-11/h2-7,9H,8H2,1H3. The lowest BCUT2D eigenvalue weighted by molar-refractivity contribution is -0.384. The highest BCUT2D eigenvalue weighted by molar-refractivity contribution is 5.99. The van der Waals surface area contributed by atoms with E-state index in [4.69, 9.17) is 0 Å². The second kappa shape index (κ2) is 4.45. The van der Waals surface area contributed by atoms with E-state index in [2.05, 4.69) is 0 Å². The number of ketones is 1. The lowest BCUT2D eigenvalue weighted by Crippen LogP contribution is -2.02. The Labute approximate surface area is 115 Å². The minimum atomic E-state index is -0.428. The molecule has 20 heavy (non-hydrogen) atoms. The van der Waals surface area contributed by atoms with Crippen LogP contribution in [-0.2, 0) is 11.2 Å². The summed E-state index contributed by atoms with van der Waals surface area (Å²) in [5.74, 6) is -0.0166. The molecule has 5 heteroatoms. The summed E-state index contributed by atoms with van der Waals surface area (Å²) in [4.78, 5) is 22.2. The van der Waals surface area contributed by atoms with Gasteiger partial charge in [0.15, 0.2) is 5.78 Å². The number of nitrogens with zero attached hydrogens (tertiary/aromatic N) is 2. The third-order valence-corrected chi connectivity index (χ3v) is 3.47.